The minimum atomic E-state index is -1.25. The zero-order chi connectivity index (χ0) is 23.7. The van der Waals surface area contributed by atoms with E-state index in [0.717, 1.165) is 10.9 Å². The Hall–Kier alpha value is -2.89. The number of likely N-dealkylation sites (N-methyl/N-ethyl adjacent to an activating group) is 1. The number of pyridine rings is 1. The molecule has 13 heteroatoms. The number of para-hydroxylation sites is 1. The van der Waals surface area contributed by atoms with E-state index >= 15 is 0 Å². The maximum Gasteiger partial charge on any atom is 0.366 e. The van der Waals surface area contributed by atoms with Crippen LogP contribution >= 0.6 is 34.8 Å². The average Bonchev–Trinajstić information content (AvgIpc) is 2.76. The van der Waals surface area contributed by atoms with Crippen LogP contribution in [-0.4, -0.2) is 36.9 Å². The van der Waals surface area contributed by atoms with E-state index in [0.29, 0.717) is 11.3 Å². The van der Waals surface area contributed by atoms with E-state index < -0.39 is 19.2 Å². The molecule has 1 atom stereocenters. The van der Waals surface area contributed by atoms with Crippen LogP contribution in [0.25, 0.3) is 10.9 Å². The number of halogens is 3. The third-order valence-corrected chi connectivity index (χ3v) is 5.98. The molecule has 10 nitrogen and oxygen atoms in total. The summed E-state index contributed by atoms with van der Waals surface area (Å²) in [6.07, 6.45) is 5.81. The molecule has 2 heterocycles. The summed E-state index contributed by atoms with van der Waals surface area (Å²) in [6, 6.07) is 8.81. The molecular formula is C20H19Cl3N6O4. The number of benzene rings is 1. The van der Waals surface area contributed by atoms with Gasteiger partial charge in [-0.25, -0.2) is 4.98 Å². The van der Waals surface area contributed by atoms with E-state index in [1.807, 2.05) is 18.2 Å². The van der Waals surface area contributed by atoms with Crippen LogP contribution in [0.4, 0.5) is 5.69 Å². The fraction of sp³-hybridized carbons (Fsp3) is 0.200. The minimum Gasteiger partial charge on any atom is -0.358 e. The van der Waals surface area contributed by atoms with Crippen molar-refractivity contribution in [2.75, 3.05) is 7.05 Å². The molecule has 174 valence electrons. The summed E-state index contributed by atoms with van der Waals surface area (Å²) < 4.78 is -1.21. The maximum absolute atomic E-state index is 11.0. The molecule has 0 radical (unpaired) electrons. The van der Waals surface area contributed by atoms with E-state index in [4.69, 9.17) is 34.8 Å². The van der Waals surface area contributed by atoms with Crippen molar-refractivity contribution < 1.29 is 9.85 Å². The van der Waals surface area contributed by atoms with E-state index in [1.54, 1.807) is 20.0 Å². The molecule has 4 N–H and O–H groups in total. The lowest BCUT2D eigenvalue weighted by Crippen LogP contribution is -2.47. The van der Waals surface area contributed by atoms with Gasteiger partial charge in [0.2, 0.25) is 0 Å². The highest BCUT2D eigenvalue weighted by Crippen LogP contribution is 2.42. The number of nitrogens with one attached hydrogen (secondary N) is 1. The Kier molecular flexibility index (Phi) is 7.94. The van der Waals surface area contributed by atoms with Crippen molar-refractivity contribution in [1.82, 2.24) is 16.5 Å². The Morgan fingerprint density at radius 3 is 2.36 bits per heavy atom. The molecule has 1 aliphatic carbocycles. The van der Waals surface area contributed by atoms with Gasteiger partial charge in [-0.2, -0.15) is 0 Å². The number of aromatic nitrogens is 1. The first-order chi connectivity index (χ1) is 15.0. The first-order valence-corrected chi connectivity index (χ1v) is 10.2. The van der Waals surface area contributed by atoms with Crippen molar-refractivity contribution in [2.24, 2.45) is 4.99 Å². The summed E-state index contributed by atoms with van der Waals surface area (Å²) in [6.45, 7) is 1.55. The van der Waals surface area contributed by atoms with Gasteiger partial charge in [-0.15, -0.1) is 0 Å². The molecule has 0 saturated heterocycles. The first kappa shape index (κ1) is 26.4. The van der Waals surface area contributed by atoms with Crippen LogP contribution < -0.4 is 11.5 Å². The highest BCUT2D eigenvalue weighted by Gasteiger charge is 2.47. The van der Waals surface area contributed by atoms with Crippen molar-refractivity contribution in [3.63, 3.8) is 0 Å². The highest BCUT2D eigenvalue weighted by atomic mass is 35.5. The number of nitrogens with zero attached hydrogens (tertiary/aromatic N) is 4. The van der Waals surface area contributed by atoms with E-state index in [-0.39, 0.29) is 23.2 Å². The number of hydrogen-bond donors (Lipinski definition) is 2. The van der Waals surface area contributed by atoms with Crippen molar-refractivity contribution in [2.45, 2.75) is 16.3 Å². The second-order valence-electron chi connectivity index (χ2n) is 6.82. The SMILES string of the molecule is CNC1(Cl)C2=CC(Cl)(Cl)C=CC2=NC([N+](=O)[O-])=C1C.N.O=[N+]([O-])c1cnc2ccccc2c1. The molecule has 0 amide bonds. The van der Waals surface area contributed by atoms with Gasteiger partial charge in [0.1, 0.15) is 6.20 Å². The molecule has 0 fully saturated rings. The molecule has 2 aliphatic rings. The van der Waals surface area contributed by atoms with Crippen molar-refractivity contribution in [1.29, 1.82) is 0 Å². The number of rotatable bonds is 3. The fourth-order valence-corrected chi connectivity index (χ4v) is 3.76. The van der Waals surface area contributed by atoms with E-state index in [1.165, 1.54) is 30.5 Å². The van der Waals surface area contributed by atoms with Crippen LogP contribution in [0, 0.1) is 20.2 Å². The third-order valence-electron chi connectivity index (χ3n) is 4.83. The van der Waals surface area contributed by atoms with Gasteiger partial charge < -0.3 is 16.3 Å². The predicted molar refractivity (Wildman–Crippen MR) is 130 cm³/mol. The zero-order valence-corrected chi connectivity index (χ0v) is 19.7. The Bertz CT molecular complexity index is 1240. The number of aliphatic imine (C=N–C) groups is 1. The Balaban J connectivity index is 0.000000241. The van der Waals surface area contributed by atoms with Gasteiger partial charge in [0.05, 0.1) is 16.0 Å². The maximum atomic E-state index is 11.0. The van der Waals surface area contributed by atoms with Crippen molar-refractivity contribution in [3.05, 3.63) is 92.0 Å². The molecule has 2 aromatic rings. The lowest BCUT2D eigenvalue weighted by atomic mass is 9.88. The Morgan fingerprint density at radius 1 is 1.09 bits per heavy atom. The summed E-state index contributed by atoms with van der Waals surface area (Å²) in [4.78, 5) is 27.1. The van der Waals surface area contributed by atoms with Gasteiger partial charge >= 0.3 is 5.82 Å². The van der Waals surface area contributed by atoms with E-state index in [2.05, 4.69) is 15.3 Å². The van der Waals surface area contributed by atoms with Gasteiger partial charge in [-0.1, -0.05) is 53.0 Å². The van der Waals surface area contributed by atoms with Gasteiger partial charge in [-0.05, 0) is 48.2 Å². The summed E-state index contributed by atoms with van der Waals surface area (Å²) >= 11 is 18.5. The van der Waals surface area contributed by atoms with Crippen molar-refractivity contribution in [3.8, 4) is 0 Å². The number of nitro groups is 2. The standard InChI is InChI=1S/C11H10Cl3N3O2.C9H6N2O2.H3N/c1-6-9(17(18)19)16-8-3-4-10(12,13)5-7(8)11(6,14)15-2;12-11(13)8-5-7-3-1-2-4-9(7)10-6-8;/h3-5,15H,1-2H3;1-6H;1H3. The molecule has 0 bridgehead atoms. The monoisotopic (exact) mass is 512 g/mol. The Morgan fingerprint density at radius 2 is 1.76 bits per heavy atom. The predicted octanol–water partition coefficient (Wildman–Crippen LogP) is 5.08. The number of hydrogen-bond acceptors (Lipinski definition) is 8. The van der Waals surface area contributed by atoms with Gasteiger partial charge in [-0.3, -0.25) is 15.4 Å². The molecule has 0 saturated carbocycles. The third kappa shape index (κ3) is 5.37. The van der Waals surface area contributed by atoms with Crippen LogP contribution in [0.2, 0.25) is 0 Å². The second-order valence-corrected chi connectivity index (χ2v) is 8.83. The van der Waals surface area contributed by atoms with Gasteiger partial charge in [0, 0.05) is 17.0 Å². The minimum absolute atomic E-state index is 0. The molecular weight excluding hydrogens is 495 g/mol. The molecule has 0 spiro atoms. The molecule has 4 rings (SSSR count). The zero-order valence-electron chi connectivity index (χ0n) is 17.5. The number of allylic oxidation sites excluding steroid dienone is 3. The number of alkyl halides is 3. The lowest BCUT2D eigenvalue weighted by Gasteiger charge is -2.33. The molecule has 1 aliphatic heterocycles. The molecule has 33 heavy (non-hydrogen) atoms. The number of fused-ring (bicyclic) bond motifs is 2. The summed E-state index contributed by atoms with van der Waals surface area (Å²) in [5.74, 6) is -0.280. The van der Waals surface area contributed by atoms with E-state index in [9.17, 15) is 20.2 Å². The normalized spacial score (nSPS) is 20.5. The topological polar surface area (TPSA) is 159 Å². The largest absolute Gasteiger partial charge is 0.366 e. The first-order valence-electron chi connectivity index (χ1n) is 9.10. The summed E-state index contributed by atoms with van der Waals surface area (Å²) in [7, 11) is 1.60. The van der Waals surface area contributed by atoms with Crippen LogP contribution in [-0.2, 0) is 0 Å². The van der Waals surface area contributed by atoms with Crippen LogP contribution in [0.1, 0.15) is 6.92 Å². The molecule has 1 aromatic carbocycles. The van der Waals surface area contributed by atoms with Crippen LogP contribution in [0.15, 0.2) is 76.7 Å². The summed E-state index contributed by atoms with van der Waals surface area (Å²) in [5.41, 5.74) is 1.97. The van der Waals surface area contributed by atoms with Gasteiger partial charge in [0.25, 0.3) is 5.69 Å². The van der Waals surface area contributed by atoms with Crippen LogP contribution in [0.3, 0.4) is 0 Å². The summed E-state index contributed by atoms with van der Waals surface area (Å²) in [5, 5.41) is 25.1. The Labute approximate surface area is 203 Å². The fourth-order valence-electron chi connectivity index (χ4n) is 3.18. The average molecular weight is 514 g/mol. The quantitative estimate of drug-likeness (QED) is 0.250. The van der Waals surface area contributed by atoms with Crippen LogP contribution in [0.5, 0.6) is 0 Å². The highest BCUT2D eigenvalue weighted by molar-refractivity contribution is 6.52. The van der Waals surface area contributed by atoms with Crippen molar-refractivity contribution >= 4 is 57.1 Å². The molecule has 1 aromatic heterocycles. The van der Waals surface area contributed by atoms with Gasteiger partial charge in [0.15, 0.2) is 15.0 Å². The molecule has 1 unspecified atom stereocenters. The smallest absolute Gasteiger partial charge is 0.358 e. The lowest BCUT2D eigenvalue weighted by molar-refractivity contribution is -0.427. The second kappa shape index (κ2) is 9.94.